The summed E-state index contributed by atoms with van der Waals surface area (Å²) in [6, 6.07) is 4.81. The van der Waals surface area contributed by atoms with E-state index in [1.54, 1.807) is 0 Å². The lowest BCUT2D eigenvalue weighted by Gasteiger charge is -2.42. The molecule has 2 aliphatic heterocycles. The van der Waals surface area contributed by atoms with Gasteiger partial charge in [-0.25, -0.2) is 0 Å². The third-order valence-electron chi connectivity index (χ3n) is 7.48. The van der Waals surface area contributed by atoms with Crippen molar-refractivity contribution in [2.24, 2.45) is 5.92 Å². The summed E-state index contributed by atoms with van der Waals surface area (Å²) in [7, 11) is 0. The van der Waals surface area contributed by atoms with Crippen LogP contribution in [-0.4, -0.2) is 70.2 Å². The first-order valence-electron chi connectivity index (χ1n) is 12.0. The number of aliphatic hydroxyl groups is 1. The second-order valence-electron chi connectivity index (χ2n) is 9.67. The van der Waals surface area contributed by atoms with Crippen molar-refractivity contribution < 1.29 is 9.90 Å². The molecule has 3 heterocycles. The van der Waals surface area contributed by atoms with Crippen LogP contribution in [0, 0.1) is 5.92 Å². The monoisotopic (exact) mass is 414 g/mol. The topological polar surface area (TPSA) is 68.7 Å². The standard InChI is InChI=1S/C24H38N4O2/c29-23(26-14-11-24(30)9-1-2-10-24)21-4-3-15-28(19-21)22-7-16-27(17-8-22)18-20-5-12-25-13-6-20/h5-6,12-13,21-22,30H,1-4,7-11,14-19H2,(H,26,29)/t21-/m1/s1. The number of nitrogens with one attached hydrogen (secondary N) is 1. The van der Waals surface area contributed by atoms with Gasteiger partial charge in [0, 0.05) is 38.1 Å². The number of carbonyl (C=O) groups is 1. The molecule has 1 amide bonds. The molecule has 1 aromatic heterocycles. The average Bonchev–Trinajstić information content (AvgIpc) is 3.21. The highest BCUT2D eigenvalue weighted by molar-refractivity contribution is 5.78. The van der Waals surface area contributed by atoms with Crippen molar-refractivity contribution in [1.82, 2.24) is 20.1 Å². The number of carbonyl (C=O) groups excluding carboxylic acids is 1. The molecule has 30 heavy (non-hydrogen) atoms. The summed E-state index contributed by atoms with van der Waals surface area (Å²) < 4.78 is 0. The lowest BCUT2D eigenvalue weighted by molar-refractivity contribution is -0.127. The van der Waals surface area contributed by atoms with Crippen LogP contribution in [0.5, 0.6) is 0 Å². The first kappa shape index (κ1) is 21.7. The molecular weight excluding hydrogens is 376 g/mol. The van der Waals surface area contributed by atoms with Crippen LogP contribution in [0.25, 0.3) is 0 Å². The smallest absolute Gasteiger partial charge is 0.224 e. The summed E-state index contributed by atoms with van der Waals surface area (Å²) in [6.45, 7) is 5.88. The van der Waals surface area contributed by atoms with Crippen molar-refractivity contribution in [3.63, 3.8) is 0 Å². The lowest BCUT2D eigenvalue weighted by Crippen LogP contribution is -2.50. The fourth-order valence-corrected chi connectivity index (χ4v) is 5.59. The molecule has 0 spiro atoms. The van der Waals surface area contributed by atoms with Gasteiger partial charge in [0.15, 0.2) is 0 Å². The van der Waals surface area contributed by atoms with E-state index >= 15 is 0 Å². The summed E-state index contributed by atoms with van der Waals surface area (Å²) in [6.07, 6.45) is 12.9. The summed E-state index contributed by atoms with van der Waals surface area (Å²) in [5, 5.41) is 13.6. The first-order chi connectivity index (χ1) is 14.6. The second-order valence-corrected chi connectivity index (χ2v) is 9.67. The zero-order valence-electron chi connectivity index (χ0n) is 18.3. The molecular formula is C24H38N4O2. The summed E-state index contributed by atoms with van der Waals surface area (Å²) in [5.74, 6) is 0.295. The Bertz CT molecular complexity index is 669. The van der Waals surface area contributed by atoms with Crippen molar-refractivity contribution in [2.75, 3.05) is 32.7 Å². The summed E-state index contributed by atoms with van der Waals surface area (Å²) in [4.78, 5) is 21.9. The van der Waals surface area contributed by atoms with Crippen molar-refractivity contribution in [3.8, 4) is 0 Å². The highest BCUT2D eigenvalue weighted by Crippen LogP contribution is 2.32. The number of pyridine rings is 1. The molecule has 1 aromatic rings. The molecule has 1 atom stereocenters. The van der Waals surface area contributed by atoms with E-state index in [9.17, 15) is 9.90 Å². The zero-order chi connectivity index (χ0) is 20.8. The molecule has 2 N–H and O–H groups in total. The summed E-state index contributed by atoms with van der Waals surface area (Å²) >= 11 is 0. The predicted octanol–water partition coefficient (Wildman–Crippen LogP) is 2.57. The number of likely N-dealkylation sites (tertiary alicyclic amines) is 2. The van der Waals surface area contributed by atoms with Crippen LogP contribution in [-0.2, 0) is 11.3 Å². The molecule has 1 saturated carbocycles. The number of hydrogen-bond acceptors (Lipinski definition) is 5. The van der Waals surface area contributed by atoms with E-state index in [0.717, 1.165) is 71.2 Å². The Labute approximate surface area is 181 Å². The maximum atomic E-state index is 12.7. The Morgan fingerprint density at radius 3 is 2.57 bits per heavy atom. The van der Waals surface area contributed by atoms with Crippen LogP contribution in [0.2, 0.25) is 0 Å². The number of nitrogens with zero attached hydrogens (tertiary/aromatic N) is 3. The third kappa shape index (κ3) is 5.80. The van der Waals surface area contributed by atoms with Gasteiger partial charge in [-0.05, 0) is 82.3 Å². The second kappa shape index (κ2) is 10.2. The zero-order valence-corrected chi connectivity index (χ0v) is 18.3. The Hall–Kier alpha value is -1.50. The van der Waals surface area contributed by atoms with Crippen LogP contribution < -0.4 is 5.32 Å². The van der Waals surface area contributed by atoms with Gasteiger partial charge in [-0.2, -0.15) is 0 Å². The maximum Gasteiger partial charge on any atom is 0.224 e. The molecule has 0 aromatic carbocycles. The Kier molecular flexibility index (Phi) is 7.39. The van der Waals surface area contributed by atoms with Gasteiger partial charge in [0.2, 0.25) is 5.91 Å². The minimum Gasteiger partial charge on any atom is -0.390 e. The molecule has 0 bridgehead atoms. The van der Waals surface area contributed by atoms with E-state index in [1.807, 2.05) is 12.4 Å². The number of amides is 1. The fraction of sp³-hybridized carbons (Fsp3) is 0.750. The summed E-state index contributed by atoms with van der Waals surface area (Å²) in [5.41, 5.74) is 0.802. The molecule has 166 valence electrons. The van der Waals surface area contributed by atoms with Crippen LogP contribution in [0.3, 0.4) is 0 Å². The molecule has 0 unspecified atom stereocenters. The Morgan fingerprint density at radius 1 is 1.10 bits per heavy atom. The number of rotatable bonds is 7. The first-order valence-corrected chi connectivity index (χ1v) is 12.0. The quantitative estimate of drug-likeness (QED) is 0.718. The van der Waals surface area contributed by atoms with Crippen LogP contribution in [0.15, 0.2) is 24.5 Å². The van der Waals surface area contributed by atoms with Gasteiger partial charge in [-0.15, -0.1) is 0 Å². The van der Waals surface area contributed by atoms with Crippen molar-refractivity contribution in [1.29, 1.82) is 0 Å². The van der Waals surface area contributed by atoms with Crippen LogP contribution in [0.4, 0.5) is 0 Å². The van der Waals surface area contributed by atoms with Gasteiger partial charge >= 0.3 is 0 Å². The van der Waals surface area contributed by atoms with Crippen LogP contribution in [0.1, 0.15) is 63.4 Å². The van der Waals surface area contributed by atoms with E-state index in [4.69, 9.17) is 0 Å². The van der Waals surface area contributed by atoms with E-state index in [1.165, 1.54) is 18.4 Å². The highest BCUT2D eigenvalue weighted by atomic mass is 16.3. The number of piperidine rings is 2. The van der Waals surface area contributed by atoms with Gasteiger partial charge in [0.1, 0.15) is 0 Å². The fourth-order valence-electron chi connectivity index (χ4n) is 5.59. The van der Waals surface area contributed by atoms with Gasteiger partial charge in [-0.3, -0.25) is 19.6 Å². The molecule has 1 aliphatic carbocycles. The molecule has 6 heteroatoms. The molecule has 6 nitrogen and oxygen atoms in total. The SMILES string of the molecule is O=C(NCCC1(O)CCCC1)[C@@H]1CCCN(C2CCN(Cc3ccncc3)CC2)C1. The highest BCUT2D eigenvalue weighted by Gasteiger charge is 2.33. The van der Waals surface area contributed by atoms with E-state index < -0.39 is 5.60 Å². The van der Waals surface area contributed by atoms with Crippen molar-refractivity contribution in [2.45, 2.75) is 76.0 Å². The molecule has 4 rings (SSSR count). The van der Waals surface area contributed by atoms with Crippen LogP contribution >= 0.6 is 0 Å². The largest absolute Gasteiger partial charge is 0.390 e. The lowest BCUT2D eigenvalue weighted by atomic mass is 9.93. The molecule has 3 aliphatic rings. The molecule has 0 radical (unpaired) electrons. The number of hydrogen-bond donors (Lipinski definition) is 2. The van der Waals surface area contributed by atoms with E-state index in [0.29, 0.717) is 19.0 Å². The van der Waals surface area contributed by atoms with Crippen molar-refractivity contribution in [3.05, 3.63) is 30.1 Å². The molecule has 2 saturated heterocycles. The Morgan fingerprint density at radius 2 is 1.83 bits per heavy atom. The van der Waals surface area contributed by atoms with Gasteiger partial charge in [-0.1, -0.05) is 12.8 Å². The molecule has 3 fully saturated rings. The van der Waals surface area contributed by atoms with E-state index in [2.05, 4.69) is 32.2 Å². The Balaban J connectivity index is 1.19. The van der Waals surface area contributed by atoms with Gasteiger partial charge in [0.25, 0.3) is 0 Å². The predicted molar refractivity (Wildman–Crippen MR) is 118 cm³/mol. The van der Waals surface area contributed by atoms with E-state index in [-0.39, 0.29) is 11.8 Å². The normalized spacial score (nSPS) is 26.0. The minimum atomic E-state index is -0.532. The van der Waals surface area contributed by atoms with Gasteiger partial charge < -0.3 is 10.4 Å². The minimum absolute atomic E-state index is 0.104. The van der Waals surface area contributed by atoms with Crippen molar-refractivity contribution >= 4 is 5.91 Å². The third-order valence-corrected chi connectivity index (χ3v) is 7.48. The average molecular weight is 415 g/mol. The maximum absolute atomic E-state index is 12.7. The number of aromatic nitrogens is 1. The van der Waals surface area contributed by atoms with Gasteiger partial charge in [0.05, 0.1) is 11.5 Å².